The van der Waals surface area contributed by atoms with Crippen LogP contribution in [0.2, 0.25) is 0 Å². The number of aryl methyl sites for hydroxylation is 2. The smallest absolute Gasteiger partial charge is 0.280 e. The summed E-state index contributed by atoms with van der Waals surface area (Å²) in [5, 5.41) is 4.09. The van der Waals surface area contributed by atoms with Gasteiger partial charge in [0.25, 0.3) is 5.91 Å². The van der Waals surface area contributed by atoms with Crippen LogP contribution in [-0.4, -0.2) is 25.2 Å². The first-order valence-electron chi connectivity index (χ1n) is 5.84. The molecule has 0 saturated heterocycles. The highest BCUT2D eigenvalue weighted by Gasteiger charge is 2.14. The standard InChI is InChI=1S/C13H13N5O/c1-8-5-12(14)18(16-8)13(19)9-3-4-11-10(6-9)15-7-17(11)2/h3-7H,14H2,1-2H3. The Morgan fingerprint density at radius 2 is 2.11 bits per heavy atom. The van der Waals surface area contributed by atoms with Gasteiger partial charge in [-0.25, -0.2) is 4.98 Å². The Hall–Kier alpha value is -2.63. The minimum atomic E-state index is -0.252. The van der Waals surface area contributed by atoms with Gasteiger partial charge < -0.3 is 10.3 Å². The maximum absolute atomic E-state index is 12.3. The van der Waals surface area contributed by atoms with Crippen LogP contribution >= 0.6 is 0 Å². The first kappa shape index (κ1) is 11.5. The monoisotopic (exact) mass is 255 g/mol. The molecule has 19 heavy (non-hydrogen) atoms. The van der Waals surface area contributed by atoms with Gasteiger partial charge in [-0.05, 0) is 25.1 Å². The largest absolute Gasteiger partial charge is 0.383 e. The fourth-order valence-corrected chi connectivity index (χ4v) is 2.07. The summed E-state index contributed by atoms with van der Waals surface area (Å²) in [6.45, 7) is 1.79. The molecule has 6 heteroatoms. The third-order valence-corrected chi connectivity index (χ3v) is 3.02. The van der Waals surface area contributed by atoms with E-state index < -0.39 is 0 Å². The van der Waals surface area contributed by atoms with Crippen molar-refractivity contribution in [2.45, 2.75) is 6.92 Å². The molecular weight excluding hydrogens is 242 g/mol. The summed E-state index contributed by atoms with van der Waals surface area (Å²) in [4.78, 5) is 16.5. The lowest BCUT2D eigenvalue weighted by atomic mass is 10.2. The van der Waals surface area contributed by atoms with Crippen LogP contribution in [0.3, 0.4) is 0 Å². The number of anilines is 1. The average Bonchev–Trinajstić information content (AvgIpc) is 2.92. The SMILES string of the molecule is Cc1cc(N)n(C(=O)c2ccc3c(c2)ncn3C)n1. The van der Waals surface area contributed by atoms with Crippen molar-refractivity contribution in [2.24, 2.45) is 7.05 Å². The van der Waals surface area contributed by atoms with Gasteiger partial charge in [-0.3, -0.25) is 4.79 Å². The van der Waals surface area contributed by atoms with E-state index >= 15 is 0 Å². The van der Waals surface area contributed by atoms with E-state index in [-0.39, 0.29) is 5.91 Å². The molecule has 0 atom stereocenters. The highest BCUT2D eigenvalue weighted by molar-refractivity contribution is 5.99. The summed E-state index contributed by atoms with van der Waals surface area (Å²) in [5.41, 5.74) is 8.73. The zero-order valence-electron chi connectivity index (χ0n) is 10.7. The Labute approximate surface area is 109 Å². The number of nitrogen functional groups attached to an aromatic ring is 1. The molecule has 0 aliphatic carbocycles. The predicted molar refractivity (Wildman–Crippen MR) is 71.8 cm³/mol. The first-order valence-corrected chi connectivity index (χ1v) is 5.84. The Morgan fingerprint density at radius 3 is 2.79 bits per heavy atom. The molecule has 0 amide bonds. The highest BCUT2D eigenvalue weighted by Crippen LogP contribution is 2.16. The number of nitrogens with two attached hydrogens (primary N) is 1. The van der Waals surface area contributed by atoms with E-state index in [1.807, 2.05) is 17.7 Å². The summed E-state index contributed by atoms with van der Waals surface area (Å²) in [6, 6.07) is 7.02. The Bertz CT molecular complexity index is 784. The molecule has 0 bridgehead atoms. The van der Waals surface area contributed by atoms with Crippen LogP contribution in [0.4, 0.5) is 5.82 Å². The zero-order valence-corrected chi connectivity index (χ0v) is 10.7. The second-order valence-electron chi connectivity index (χ2n) is 4.49. The number of imidazole rings is 1. The summed E-state index contributed by atoms with van der Waals surface area (Å²) >= 11 is 0. The van der Waals surface area contributed by atoms with Crippen LogP contribution in [0, 0.1) is 6.92 Å². The number of hydrogen-bond donors (Lipinski definition) is 1. The number of carbonyl (C=O) groups is 1. The molecule has 0 aliphatic heterocycles. The molecule has 2 aromatic heterocycles. The average molecular weight is 255 g/mol. The molecule has 1 aromatic carbocycles. The van der Waals surface area contributed by atoms with Crippen LogP contribution in [0.25, 0.3) is 11.0 Å². The molecule has 0 saturated carbocycles. The molecule has 0 aliphatic rings. The van der Waals surface area contributed by atoms with E-state index in [4.69, 9.17) is 5.73 Å². The first-order chi connectivity index (χ1) is 9.06. The Kier molecular flexibility index (Phi) is 2.38. The third kappa shape index (κ3) is 1.77. The van der Waals surface area contributed by atoms with Crippen molar-refractivity contribution in [2.75, 3.05) is 5.73 Å². The van der Waals surface area contributed by atoms with Crippen molar-refractivity contribution in [1.82, 2.24) is 19.3 Å². The molecule has 96 valence electrons. The van der Waals surface area contributed by atoms with Crippen LogP contribution in [0.5, 0.6) is 0 Å². The number of benzene rings is 1. The van der Waals surface area contributed by atoms with Gasteiger partial charge in [-0.15, -0.1) is 0 Å². The van der Waals surface area contributed by atoms with Crippen molar-refractivity contribution in [1.29, 1.82) is 0 Å². The summed E-state index contributed by atoms with van der Waals surface area (Å²) in [7, 11) is 1.91. The van der Waals surface area contributed by atoms with Crippen LogP contribution < -0.4 is 5.73 Å². The molecule has 0 unspecified atom stereocenters. The van der Waals surface area contributed by atoms with E-state index in [9.17, 15) is 4.79 Å². The predicted octanol–water partition coefficient (Wildman–Crippen LogP) is 1.35. The van der Waals surface area contributed by atoms with Crippen LogP contribution in [-0.2, 0) is 7.05 Å². The number of nitrogens with zero attached hydrogens (tertiary/aromatic N) is 4. The maximum atomic E-state index is 12.3. The molecule has 2 N–H and O–H groups in total. The third-order valence-electron chi connectivity index (χ3n) is 3.02. The van der Waals surface area contributed by atoms with E-state index in [2.05, 4.69) is 10.1 Å². The molecule has 0 radical (unpaired) electrons. The van der Waals surface area contributed by atoms with Crippen LogP contribution in [0.15, 0.2) is 30.6 Å². The van der Waals surface area contributed by atoms with Gasteiger partial charge in [-0.2, -0.15) is 9.78 Å². The molecule has 3 aromatic rings. The lowest BCUT2D eigenvalue weighted by Crippen LogP contribution is -2.16. The summed E-state index contributed by atoms with van der Waals surface area (Å²) in [5.74, 6) is 0.0850. The van der Waals surface area contributed by atoms with Crippen molar-refractivity contribution in [3.8, 4) is 0 Å². The molecule has 6 nitrogen and oxygen atoms in total. The minimum absolute atomic E-state index is 0.252. The fraction of sp³-hybridized carbons (Fsp3) is 0.154. The number of rotatable bonds is 1. The van der Waals surface area contributed by atoms with E-state index in [1.54, 1.807) is 31.5 Å². The normalized spacial score (nSPS) is 11.1. The Morgan fingerprint density at radius 1 is 1.32 bits per heavy atom. The zero-order chi connectivity index (χ0) is 13.6. The minimum Gasteiger partial charge on any atom is -0.383 e. The number of hydrogen-bond acceptors (Lipinski definition) is 4. The Balaban J connectivity index is 2.09. The number of carbonyl (C=O) groups excluding carboxylic acids is 1. The lowest BCUT2D eigenvalue weighted by Gasteiger charge is -2.03. The van der Waals surface area contributed by atoms with Gasteiger partial charge in [0.2, 0.25) is 0 Å². The fourth-order valence-electron chi connectivity index (χ4n) is 2.07. The van der Waals surface area contributed by atoms with Gasteiger partial charge in [-0.1, -0.05) is 0 Å². The van der Waals surface area contributed by atoms with E-state index in [0.29, 0.717) is 17.1 Å². The summed E-state index contributed by atoms with van der Waals surface area (Å²) < 4.78 is 3.11. The molecular formula is C13H13N5O. The van der Waals surface area contributed by atoms with Crippen molar-refractivity contribution in [3.05, 3.63) is 41.9 Å². The molecule has 2 heterocycles. The second kappa shape index (κ2) is 3.94. The molecule has 0 spiro atoms. The molecule has 3 rings (SSSR count). The van der Waals surface area contributed by atoms with Gasteiger partial charge in [0.05, 0.1) is 23.1 Å². The van der Waals surface area contributed by atoms with Crippen molar-refractivity contribution in [3.63, 3.8) is 0 Å². The van der Waals surface area contributed by atoms with Gasteiger partial charge in [0.15, 0.2) is 0 Å². The van der Waals surface area contributed by atoms with Gasteiger partial charge in [0, 0.05) is 18.7 Å². The number of aromatic nitrogens is 4. The topological polar surface area (TPSA) is 78.7 Å². The highest BCUT2D eigenvalue weighted by atomic mass is 16.2. The van der Waals surface area contributed by atoms with Crippen molar-refractivity contribution < 1.29 is 4.79 Å². The maximum Gasteiger partial charge on any atom is 0.280 e. The summed E-state index contributed by atoms with van der Waals surface area (Å²) in [6.07, 6.45) is 1.71. The quantitative estimate of drug-likeness (QED) is 0.711. The lowest BCUT2D eigenvalue weighted by molar-refractivity contribution is 0.0947. The number of fused-ring (bicyclic) bond motifs is 1. The van der Waals surface area contributed by atoms with Gasteiger partial charge >= 0.3 is 0 Å². The van der Waals surface area contributed by atoms with E-state index in [1.165, 1.54) is 4.68 Å². The van der Waals surface area contributed by atoms with Crippen molar-refractivity contribution >= 4 is 22.8 Å². The molecule has 0 fully saturated rings. The van der Waals surface area contributed by atoms with E-state index in [0.717, 1.165) is 11.0 Å². The van der Waals surface area contributed by atoms with Gasteiger partial charge in [0.1, 0.15) is 5.82 Å². The van der Waals surface area contributed by atoms with Crippen LogP contribution in [0.1, 0.15) is 16.1 Å². The second-order valence-corrected chi connectivity index (χ2v) is 4.49.